The molecule has 0 spiro atoms. The zero-order valence-corrected chi connectivity index (χ0v) is 17.1. The first-order valence-electron chi connectivity index (χ1n) is 9.76. The minimum absolute atomic E-state index is 0.0132. The molecule has 158 valence electrons. The summed E-state index contributed by atoms with van der Waals surface area (Å²) >= 11 is 0. The van der Waals surface area contributed by atoms with Crippen LogP contribution in [0.25, 0.3) is 0 Å². The molecule has 0 aromatic heterocycles. The van der Waals surface area contributed by atoms with E-state index in [0.29, 0.717) is 6.54 Å². The van der Waals surface area contributed by atoms with E-state index < -0.39 is 15.8 Å². The van der Waals surface area contributed by atoms with Crippen molar-refractivity contribution in [1.82, 2.24) is 9.62 Å². The van der Waals surface area contributed by atoms with Crippen molar-refractivity contribution in [2.75, 3.05) is 32.8 Å². The summed E-state index contributed by atoms with van der Waals surface area (Å²) in [5.41, 5.74) is 1.14. The van der Waals surface area contributed by atoms with Crippen LogP contribution in [0.5, 0.6) is 5.75 Å². The SMILES string of the molecule is O=S(=O)(NCC1CCN(Cc2cccc(OCCO)c2)CC1)c1cccc(F)c1. The van der Waals surface area contributed by atoms with Gasteiger partial charge in [0.15, 0.2) is 0 Å². The van der Waals surface area contributed by atoms with Crippen LogP contribution < -0.4 is 9.46 Å². The molecule has 1 aliphatic heterocycles. The first kappa shape index (κ1) is 21.7. The summed E-state index contributed by atoms with van der Waals surface area (Å²) in [6, 6.07) is 12.9. The molecule has 0 bridgehead atoms. The number of hydrogen-bond acceptors (Lipinski definition) is 5. The van der Waals surface area contributed by atoms with Crippen LogP contribution in [0.15, 0.2) is 53.4 Å². The van der Waals surface area contributed by atoms with Crippen molar-refractivity contribution in [3.8, 4) is 5.75 Å². The highest BCUT2D eigenvalue weighted by Crippen LogP contribution is 2.21. The molecule has 2 aromatic carbocycles. The Bertz CT molecular complexity index is 899. The molecule has 0 aliphatic carbocycles. The molecule has 3 rings (SSSR count). The Labute approximate surface area is 171 Å². The third-order valence-electron chi connectivity index (χ3n) is 5.04. The zero-order chi connectivity index (χ0) is 20.7. The van der Waals surface area contributed by atoms with E-state index >= 15 is 0 Å². The average Bonchev–Trinajstić information content (AvgIpc) is 2.72. The van der Waals surface area contributed by atoms with Gasteiger partial charge in [-0.2, -0.15) is 0 Å². The molecule has 0 atom stereocenters. The fourth-order valence-corrected chi connectivity index (χ4v) is 4.60. The van der Waals surface area contributed by atoms with Crippen molar-refractivity contribution in [3.63, 3.8) is 0 Å². The van der Waals surface area contributed by atoms with E-state index in [1.165, 1.54) is 18.2 Å². The molecule has 0 amide bonds. The van der Waals surface area contributed by atoms with Crippen molar-refractivity contribution in [3.05, 3.63) is 59.9 Å². The molecular weight excluding hydrogens is 395 g/mol. The van der Waals surface area contributed by atoms with Gasteiger partial charge >= 0.3 is 0 Å². The summed E-state index contributed by atoms with van der Waals surface area (Å²) in [6.07, 6.45) is 1.79. The van der Waals surface area contributed by atoms with E-state index in [1.54, 1.807) is 0 Å². The lowest BCUT2D eigenvalue weighted by molar-refractivity contribution is 0.178. The molecule has 2 N–H and O–H groups in total. The molecular formula is C21H27FN2O4S. The number of ether oxygens (including phenoxy) is 1. The molecule has 8 heteroatoms. The number of piperidine rings is 1. The first-order valence-corrected chi connectivity index (χ1v) is 11.2. The summed E-state index contributed by atoms with van der Waals surface area (Å²) in [7, 11) is -3.69. The third-order valence-corrected chi connectivity index (χ3v) is 6.46. The van der Waals surface area contributed by atoms with Gasteiger partial charge in [-0.15, -0.1) is 0 Å². The predicted octanol–water partition coefficient (Wildman–Crippen LogP) is 2.39. The third kappa shape index (κ3) is 6.50. The van der Waals surface area contributed by atoms with Crippen molar-refractivity contribution in [2.24, 2.45) is 5.92 Å². The Morgan fingerprint density at radius 2 is 1.90 bits per heavy atom. The number of rotatable bonds is 9. The Hall–Kier alpha value is -2.00. The normalized spacial score (nSPS) is 16.1. The molecule has 0 unspecified atom stereocenters. The second kappa shape index (κ2) is 10.2. The topological polar surface area (TPSA) is 78.9 Å². The fraction of sp³-hybridized carbons (Fsp3) is 0.429. The highest BCUT2D eigenvalue weighted by atomic mass is 32.2. The standard InChI is InChI=1S/C21H27FN2O4S/c22-19-4-2-6-21(14-19)29(26,27)23-15-17-7-9-24(10-8-17)16-18-3-1-5-20(13-18)28-12-11-25/h1-6,13-14,17,23,25H,7-12,15-16H2. The molecule has 0 saturated carbocycles. The smallest absolute Gasteiger partial charge is 0.240 e. The zero-order valence-electron chi connectivity index (χ0n) is 16.3. The highest BCUT2D eigenvalue weighted by molar-refractivity contribution is 7.89. The predicted molar refractivity (Wildman–Crippen MR) is 109 cm³/mol. The minimum Gasteiger partial charge on any atom is -0.491 e. The second-order valence-electron chi connectivity index (χ2n) is 7.25. The van der Waals surface area contributed by atoms with Gasteiger partial charge < -0.3 is 9.84 Å². The summed E-state index contributed by atoms with van der Waals surface area (Å²) in [6.45, 7) is 3.19. The molecule has 1 saturated heterocycles. The van der Waals surface area contributed by atoms with Crippen molar-refractivity contribution >= 4 is 10.0 Å². The van der Waals surface area contributed by atoms with Gasteiger partial charge in [0.2, 0.25) is 10.0 Å². The summed E-state index contributed by atoms with van der Waals surface area (Å²) in [5, 5.41) is 8.86. The number of halogens is 1. The van der Waals surface area contributed by atoms with Crippen LogP contribution in [0.1, 0.15) is 18.4 Å². The van der Waals surface area contributed by atoms with Crippen LogP contribution in [-0.4, -0.2) is 51.3 Å². The molecule has 1 heterocycles. The lowest BCUT2D eigenvalue weighted by Crippen LogP contribution is -2.38. The van der Waals surface area contributed by atoms with Gasteiger partial charge in [-0.1, -0.05) is 18.2 Å². The van der Waals surface area contributed by atoms with Crippen LogP contribution in [0.4, 0.5) is 4.39 Å². The number of sulfonamides is 1. The van der Waals surface area contributed by atoms with Crippen molar-refractivity contribution < 1.29 is 22.7 Å². The molecule has 2 aromatic rings. The van der Waals surface area contributed by atoms with Crippen LogP contribution in [0, 0.1) is 11.7 Å². The Balaban J connectivity index is 1.46. The van der Waals surface area contributed by atoms with Gasteiger partial charge in [0.05, 0.1) is 11.5 Å². The molecule has 6 nitrogen and oxygen atoms in total. The van der Waals surface area contributed by atoms with E-state index in [9.17, 15) is 12.8 Å². The molecule has 1 aliphatic rings. The van der Waals surface area contributed by atoms with E-state index in [1.807, 2.05) is 24.3 Å². The Kier molecular flexibility index (Phi) is 7.60. The number of aliphatic hydroxyl groups is 1. The van der Waals surface area contributed by atoms with Crippen molar-refractivity contribution in [1.29, 1.82) is 0 Å². The monoisotopic (exact) mass is 422 g/mol. The van der Waals surface area contributed by atoms with Gasteiger partial charge in [-0.3, -0.25) is 4.90 Å². The van der Waals surface area contributed by atoms with Gasteiger partial charge in [0, 0.05) is 13.1 Å². The maximum Gasteiger partial charge on any atom is 0.240 e. The minimum atomic E-state index is -3.69. The summed E-state index contributed by atoms with van der Waals surface area (Å²) < 4.78 is 46.0. The number of nitrogens with one attached hydrogen (secondary N) is 1. The van der Waals surface area contributed by atoms with Crippen LogP contribution >= 0.6 is 0 Å². The Morgan fingerprint density at radius 1 is 1.14 bits per heavy atom. The van der Waals surface area contributed by atoms with E-state index in [-0.39, 0.29) is 24.0 Å². The molecule has 1 fully saturated rings. The van der Waals surface area contributed by atoms with Gasteiger partial charge in [-0.25, -0.2) is 17.5 Å². The maximum atomic E-state index is 13.3. The second-order valence-corrected chi connectivity index (χ2v) is 9.02. The summed E-state index contributed by atoms with van der Waals surface area (Å²) in [4.78, 5) is 2.29. The largest absolute Gasteiger partial charge is 0.491 e. The lowest BCUT2D eigenvalue weighted by Gasteiger charge is -2.32. The van der Waals surface area contributed by atoms with Gasteiger partial charge in [0.25, 0.3) is 0 Å². The number of nitrogens with zero attached hydrogens (tertiary/aromatic N) is 1. The van der Waals surface area contributed by atoms with Crippen LogP contribution in [0.3, 0.4) is 0 Å². The van der Waals surface area contributed by atoms with E-state index in [4.69, 9.17) is 9.84 Å². The molecule has 0 radical (unpaired) electrons. The number of hydrogen-bond donors (Lipinski definition) is 2. The van der Waals surface area contributed by atoms with E-state index in [0.717, 1.165) is 49.9 Å². The fourth-order valence-electron chi connectivity index (χ4n) is 3.45. The van der Waals surface area contributed by atoms with Crippen LogP contribution in [0.2, 0.25) is 0 Å². The highest BCUT2D eigenvalue weighted by Gasteiger charge is 2.22. The quantitative estimate of drug-likeness (QED) is 0.649. The Morgan fingerprint density at radius 3 is 2.62 bits per heavy atom. The van der Waals surface area contributed by atoms with Crippen LogP contribution in [-0.2, 0) is 16.6 Å². The average molecular weight is 423 g/mol. The van der Waals surface area contributed by atoms with Gasteiger partial charge in [-0.05, 0) is 67.7 Å². The number of aliphatic hydroxyl groups excluding tert-OH is 1. The summed E-state index contributed by atoms with van der Waals surface area (Å²) in [5.74, 6) is 0.444. The number of likely N-dealkylation sites (tertiary alicyclic amines) is 1. The first-order chi connectivity index (χ1) is 14.0. The maximum absolute atomic E-state index is 13.3. The van der Waals surface area contributed by atoms with Crippen molar-refractivity contribution in [2.45, 2.75) is 24.3 Å². The van der Waals surface area contributed by atoms with Gasteiger partial charge in [0.1, 0.15) is 18.2 Å². The number of benzene rings is 2. The van der Waals surface area contributed by atoms with E-state index in [2.05, 4.69) is 9.62 Å². The molecule has 29 heavy (non-hydrogen) atoms. The lowest BCUT2D eigenvalue weighted by atomic mass is 9.97.